The van der Waals surface area contributed by atoms with Crippen molar-refractivity contribution in [2.45, 2.75) is 114 Å². The van der Waals surface area contributed by atoms with E-state index in [-0.39, 0.29) is 43.1 Å². The standard InChI is InChI=1S/C58H63N7O2.C2H4O2.Zn/c1-9-13-19-39(11-3)57(66)64-55-51(47-31-27-41-21-15-17-23-45(41)59-47)49(43-29-25-35(5)33-37(43)7)53(62-55)61-54-50(44-30-26-36(6)34-38(44)8)52(48-32-28-42-22-16-18-24-46(42)60-48)56(63-54)65-58(67)40(12-4)20-14-10-2;1-2(3)4;/h15-18,21-34,39-40H,9-14,19-20H2,1-8H3,(H3,59,60,61,62,63,64,65,66,67);1H3,(H,3,4);/p-1. The number of pyridine rings is 2. The zero-order valence-electron chi connectivity index (χ0n) is 43.3. The number of benzene rings is 4. The Bertz CT molecular complexity index is 3200. The number of anilines is 1. The normalized spacial score (nSPS) is 13.6. The fraction of sp³-hybridized carbons (Fsp3) is 0.317. The largest absolute Gasteiger partial charge is 0.481 e. The van der Waals surface area contributed by atoms with Crippen LogP contribution in [0.2, 0.25) is 0 Å². The molecular weight excluding hydrogens is 948 g/mol. The second-order valence-corrected chi connectivity index (χ2v) is 18.6. The van der Waals surface area contributed by atoms with Crippen molar-refractivity contribution < 1.29 is 39.0 Å². The number of carbonyl (C=O) groups excluding carboxylic acids is 2. The van der Waals surface area contributed by atoms with E-state index < -0.39 is 5.97 Å². The minimum Gasteiger partial charge on any atom is -0.481 e. The van der Waals surface area contributed by atoms with Gasteiger partial charge in [-0.25, -0.2) is 15.0 Å². The predicted octanol–water partition coefficient (Wildman–Crippen LogP) is 13.9. The first kappa shape index (κ1) is 54.4. The number of aromatic nitrogens is 3. The molecule has 4 heterocycles. The maximum Gasteiger partial charge on any atom is 0.300 e. The Balaban J connectivity index is 0.00000163. The molecule has 2 unspecified atom stereocenters. The molecule has 8 rings (SSSR count). The fourth-order valence-electron chi connectivity index (χ4n) is 9.33. The van der Waals surface area contributed by atoms with Gasteiger partial charge in [0, 0.05) is 77.3 Å². The number of amidine groups is 2. The molecule has 2 amide bonds. The molecule has 3 N–H and O–H groups in total. The monoisotopic (exact) mass is 1010 g/mol. The molecule has 7 aromatic rings. The zero-order valence-corrected chi connectivity index (χ0v) is 46.3. The topological polar surface area (TPSA) is 160 Å². The molecule has 1 aliphatic heterocycles. The van der Waals surface area contributed by atoms with Gasteiger partial charge in [-0.15, -0.1) is 0 Å². The van der Waals surface area contributed by atoms with Crippen molar-refractivity contribution in [3.63, 3.8) is 0 Å². The molecule has 11 nitrogen and oxygen atoms in total. The van der Waals surface area contributed by atoms with Gasteiger partial charge in [0.2, 0.25) is 5.91 Å². The number of fused-ring (bicyclic) bond motifs is 2. The van der Waals surface area contributed by atoms with Gasteiger partial charge < -0.3 is 25.7 Å². The Kier molecular flexibility index (Phi) is 18.9. The number of nitrogens with one attached hydrogen (secondary N) is 2. The first-order valence-corrected chi connectivity index (χ1v) is 25.1. The Morgan fingerprint density at radius 3 is 1.65 bits per heavy atom. The van der Waals surface area contributed by atoms with E-state index in [0.717, 1.165) is 112 Å². The summed E-state index contributed by atoms with van der Waals surface area (Å²) in [5.41, 5.74) is 11.9. The van der Waals surface area contributed by atoms with Crippen LogP contribution in [-0.2, 0) is 33.9 Å². The molecule has 0 bridgehead atoms. The molecule has 0 spiro atoms. The van der Waals surface area contributed by atoms with Crippen LogP contribution in [0.3, 0.4) is 0 Å². The molecule has 0 saturated heterocycles. The Labute approximate surface area is 437 Å². The van der Waals surface area contributed by atoms with Crippen molar-refractivity contribution in [3.05, 3.63) is 143 Å². The number of aliphatic imine (C=N–C) groups is 2. The number of unbranched alkanes of at least 4 members (excludes halogenated alkanes) is 2. The second kappa shape index (κ2) is 25.0. The van der Waals surface area contributed by atoms with Gasteiger partial charge in [0.25, 0.3) is 5.97 Å². The van der Waals surface area contributed by atoms with Crippen molar-refractivity contribution in [1.82, 2.24) is 20.3 Å². The molecule has 0 radical (unpaired) electrons. The fourth-order valence-corrected chi connectivity index (χ4v) is 9.33. The summed E-state index contributed by atoms with van der Waals surface area (Å²) in [5.74, 6) is 0.147. The first-order valence-electron chi connectivity index (χ1n) is 25.1. The van der Waals surface area contributed by atoms with E-state index in [9.17, 15) is 9.59 Å². The van der Waals surface area contributed by atoms with Gasteiger partial charge in [0.05, 0.1) is 33.8 Å². The minimum absolute atomic E-state index is 0. The van der Waals surface area contributed by atoms with Crippen molar-refractivity contribution >= 4 is 74.0 Å². The van der Waals surface area contributed by atoms with Crippen LogP contribution < -0.4 is 15.6 Å². The molecule has 3 aromatic heterocycles. The second-order valence-electron chi connectivity index (χ2n) is 18.6. The number of carbonyl (C=O) groups is 3. The van der Waals surface area contributed by atoms with Crippen LogP contribution in [-0.4, -0.2) is 44.5 Å². The summed E-state index contributed by atoms with van der Waals surface area (Å²) in [6.45, 7) is 17.8. The van der Waals surface area contributed by atoms with E-state index in [2.05, 4.69) is 115 Å². The van der Waals surface area contributed by atoms with Crippen molar-refractivity contribution in [3.8, 4) is 22.4 Å². The summed E-state index contributed by atoms with van der Waals surface area (Å²) in [6, 6.07) is 36.9. The average molecular weight is 1010 g/mol. The van der Waals surface area contributed by atoms with Gasteiger partial charge in [0.15, 0.2) is 5.91 Å². The summed E-state index contributed by atoms with van der Waals surface area (Å²) in [7, 11) is 0. The third-order valence-corrected chi connectivity index (χ3v) is 13.1. The summed E-state index contributed by atoms with van der Waals surface area (Å²) in [6.07, 6.45) is 6.84. The number of hydrogen-bond donors (Lipinski definition) is 3. The van der Waals surface area contributed by atoms with Crippen LogP contribution >= 0.6 is 0 Å². The van der Waals surface area contributed by atoms with Crippen LogP contribution in [0.4, 0.5) is 11.6 Å². The molecule has 72 heavy (non-hydrogen) atoms. The summed E-state index contributed by atoms with van der Waals surface area (Å²) < 4.78 is 0. The quantitative estimate of drug-likeness (QED) is 0.0812. The van der Waals surface area contributed by atoms with Crippen LogP contribution in [0.1, 0.15) is 119 Å². The van der Waals surface area contributed by atoms with E-state index in [1.807, 2.05) is 60.7 Å². The smallest absolute Gasteiger partial charge is 0.300 e. The Morgan fingerprint density at radius 2 is 1.12 bits per heavy atom. The van der Waals surface area contributed by atoms with E-state index in [1.54, 1.807) is 0 Å². The minimum atomic E-state index is -0.833. The molecule has 0 saturated carbocycles. The zero-order chi connectivity index (χ0) is 50.8. The number of amides is 2. The van der Waals surface area contributed by atoms with Gasteiger partial charge in [-0.2, -0.15) is 0 Å². The maximum absolute atomic E-state index is 14.4. The molecule has 4 aromatic carbocycles. The van der Waals surface area contributed by atoms with E-state index in [0.29, 0.717) is 58.7 Å². The van der Waals surface area contributed by atoms with Crippen LogP contribution in [0, 0.1) is 39.5 Å². The van der Waals surface area contributed by atoms with E-state index in [4.69, 9.17) is 34.8 Å². The van der Waals surface area contributed by atoms with E-state index in [1.165, 1.54) is 0 Å². The van der Waals surface area contributed by atoms with Gasteiger partial charge in [-0.1, -0.05) is 149 Å². The van der Waals surface area contributed by atoms with Gasteiger partial charge in [-0.3, -0.25) is 14.4 Å². The number of carboxylic acid groups (broad SMARTS) is 1. The number of hydrogen-bond acceptors (Lipinski definition) is 6. The summed E-state index contributed by atoms with van der Waals surface area (Å²) >= 11 is 0. The van der Waals surface area contributed by atoms with Crippen LogP contribution in [0.25, 0.3) is 55.3 Å². The molecule has 2 atom stereocenters. The number of para-hydroxylation sites is 2. The third kappa shape index (κ3) is 12.6. The molecule has 368 valence electrons. The summed E-state index contributed by atoms with van der Waals surface area (Å²) in [4.78, 5) is 64.3. The molecule has 0 aliphatic carbocycles. The van der Waals surface area contributed by atoms with Crippen molar-refractivity contribution in [1.29, 1.82) is 0 Å². The van der Waals surface area contributed by atoms with E-state index >= 15 is 0 Å². The average Bonchev–Trinajstić information content (AvgIpc) is 3.87. The Morgan fingerprint density at radius 1 is 0.625 bits per heavy atom. The van der Waals surface area contributed by atoms with Crippen LogP contribution in [0.15, 0.2) is 119 Å². The molecule has 0 fully saturated rings. The number of nitrogens with zero attached hydrogens (tertiary/aromatic N) is 5. The number of rotatable bonds is 16. The van der Waals surface area contributed by atoms with Crippen molar-refractivity contribution in [2.75, 3.05) is 5.32 Å². The van der Waals surface area contributed by atoms with Gasteiger partial charge >= 0.3 is 0 Å². The number of aliphatic carboxylic acids is 1. The Hall–Kier alpha value is -6.91. The number of aryl methyl sites for hydroxylation is 4. The molecule has 12 heteroatoms. The SMILES string of the molecule is CC(=O)O.CCCCC(CC)C(=O)NC1=NC(=Nc2[n-]c(NC(=O)C(CC)CCCC)c(-c3ccc4ccccc4n3)c2-c2ccc(C)cc2C)C(c2ccc(C)cc2C)=C1c1ccc2ccccc2n1.[Zn]. The summed E-state index contributed by atoms with van der Waals surface area (Å²) in [5, 5.41) is 16.0. The molecular formula is C60H66N7O4Zn-. The van der Waals surface area contributed by atoms with Crippen molar-refractivity contribution in [2.24, 2.45) is 21.8 Å². The van der Waals surface area contributed by atoms with Gasteiger partial charge in [0.1, 0.15) is 5.84 Å². The van der Waals surface area contributed by atoms with Crippen LogP contribution in [0.5, 0.6) is 0 Å². The molecule has 1 aliphatic rings. The number of carboxylic acids is 1. The maximum atomic E-state index is 14.4. The predicted molar refractivity (Wildman–Crippen MR) is 291 cm³/mol. The third-order valence-electron chi connectivity index (χ3n) is 13.1. The van der Waals surface area contributed by atoms with Gasteiger partial charge in [-0.05, 0) is 99.9 Å². The first-order chi connectivity index (χ1) is 34.2.